The van der Waals surface area contributed by atoms with Crippen LogP contribution in [0.4, 0.5) is 17.1 Å². The highest BCUT2D eigenvalue weighted by atomic mass is 15.1. The van der Waals surface area contributed by atoms with Crippen molar-refractivity contribution in [3.05, 3.63) is 200 Å². The van der Waals surface area contributed by atoms with Crippen LogP contribution in [0.3, 0.4) is 0 Å². The summed E-state index contributed by atoms with van der Waals surface area (Å²) in [6.45, 7) is 0. The summed E-state index contributed by atoms with van der Waals surface area (Å²) in [5, 5.41) is 7.61. The molecule has 0 fully saturated rings. The third kappa shape index (κ3) is 5.52. The smallest absolute Gasteiger partial charge is 0.0462 e. The van der Waals surface area contributed by atoms with Crippen LogP contribution in [0.5, 0.6) is 0 Å². The zero-order chi connectivity index (χ0) is 32.6. The lowest BCUT2D eigenvalue weighted by molar-refractivity contribution is 1.28. The van der Waals surface area contributed by atoms with Gasteiger partial charge in [0.15, 0.2) is 0 Å². The van der Waals surface area contributed by atoms with E-state index in [9.17, 15) is 0 Å². The first kappa shape index (κ1) is 28.8. The summed E-state index contributed by atoms with van der Waals surface area (Å²) < 4.78 is 0. The molecule has 9 aromatic carbocycles. The Morgan fingerprint density at radius 3 is 1.22 bits per heavy atom. The maximum atomic E-state index is 2.34. The van der Waals surface area contributed by atoms with E-state index in [0.717, 1.165) is 17.1 Å². The van der Waals surface area contributed by atoms with E-state index in [0.29, 0.717) is 0 Å². The van der Waals surface area contributed by atoms with Gasteiger partial charge in [0.1, 0.15) is 0 Å². The van der Waals surface area contributed by atoms with Crippen LogP contribution in [-0.2, 0) is 0 Å². The summed E-state index contributed by atoms with van der Waals surface area (Å²) in [5.41, 5.74) is 10.6. The molecule has 0 radical (unpaired) electrons. The Labute approximate surface area is 287 Å². The van der Waals surface area contributed by atoms with Crippen LogP contribution in [0.1, 0.15) is 0 Å². The zero-order valence-corrected chi connectivity index (χ0v) is 27.0. The fourth-order valence-corrected chi connectivity index (χ4v) is 7.04. The lowest BCUT2D eigenvalue weighted by Gasteiger charge is -2.26. The molecule has 1 heteroatoms. The van der Waals surface area contributed by atoms with E-state index in [1.807, 2.05) is 0 Å². The average Bonchev–Trinajstić information content (AvgIpc) is 3.19. The predicted octanol–water partition coefficient (Wildman–Crippen LogP) is 13.6. The molecule has 0 aromatic heterocycles. The molecular formula is C48H33N. The highest BCUT2D eigenvalue weighted by Gasteiger charge is 2.14. The topological polar surface area (TPSA) is 3.24 Å². The van der Waals surface area contributed by atoms with Gasteiger partial charge in [-0.1, -0.05) is 152 Å². The average molecular weight is 624 g/mol. The van der Waals surface area contributed by atoms with Crippen molar-refractivity contribution in [2.24, 2.45) is 0 Å². The largest absolute Gasteiger partial charge is 0.311 e. The van der Waals surface area contributed by atoms with Gasteiger partial charge in [-0.3, -0.25) is 0 Å². The maximum Gasteiger partial charge on any atom is 0.0462 e. The van der Waals surface area contributed by atoms with Gasteiger partial charge in [-0.05, 0) is 114 Å². The number of benzene rings is 9. The van der Waals surface area contributed by atoms with E-state index < -0.39 is 0 Å². The van der Waals surface area contributed by atoms with Crippen LogP contribution in [0.15, 0.2) is 200 Å². The Morgan fingerprint density at radius 2 is 0.612 bits per heavy atom. The van der Waals surface area contributed by atoms with E-state index >= 15 is 0 Å². The molecule has 49 heavy (non-hydrogen) atoms. The van der Waals surface area contributed by atoms with Crippen molar-refractivity contribution < 1.29 is 0 Å². The minimum Gasteiger partial charge on any atom is -0.311 e. The van der Waals surface area contributed by atoms with Crippen molar-refractivity contribution in [1.29, 1.82) is 0 Å². The molecule has 0 heterocycles. The molecule has 0 aliphatic carbocycles. The summed E-state index contributed by atoms with van der Waals surface area (Å²) >= 11 is 0. The second-order valence-corrected chi connectivity index (χ2v) is 12.6. The highest BCUT2D eigenvalue weighted by molar-refractivity contribution is 6.08. The Balaban J connectivity index is 1.09. The van der Waals surface area contributed by atoms with Crippen LogP contribution >= 0.6 is 0 Å². The minimum absolute atomic E-state index is 1.11. The third-order valence-corrected chi connectivity index (χ3v) is 9.65. The number of rotatable bonds is 6. The molecule has 0 saturated heterocycles. The van der Waals surface area contributed by atoms with Gasteiger partial charge in [-0.2, -0.15) is 0 Å². The number of nitrogens with zero attached hydrogens (tertiary/aromatic N) is 1. The Hall–Kier alpha value is -6.44. The van der Waals surface area contributed by atoms with E-state index in [1.165, 1.54) is 65.7 Å². The first-order chi connectivity index (χ1) is 24.3. The standard InChI is InChI=1S/C48H33N/c1-2-8-34(9-3-1)36-20-26-44(27-21-36)49(45-28-22-37(23-29-45)42-18-14-35-10-4-5-12-41(35)32-42)46-30-24-38(25-31-46)43-19-17-40-16-15-39-11-6-7-13-47(39)48(40)33-43/h1-33H. The summed E-state index contributed by atoms with van der Waals surface area (Å²) in [5.74, 6) is 0. The molecule has 230 valence electrons. The van der Waals surface area contributed by atoms with E-state index in [4.69, 9.17) is 0 Å². The monoisotopic (exact) mass is 623 g/mol. The summed E-state index contributed by atoms with van der Waals surface area (Å²) in [6, 6.07) is 72.5. The molecule has 9 aromatic rings. The second kappa shape index (κ2) is 12.3. The quantitative estimate of drug-likeness (QED) is 0.167. The number of hydrogen-bond acceptors (Lipinski definition) is 1. The summed E-state index contributed by atoms with van der Waals surface area (Å²) in [6.07, 6.45) is 0. The minimum atomic E-state index is 1.11. The molecule has 0 aliphatic rings. The van der Waals surface area contributed by atoms with Crippen LogP contribution in [0.2, 0.25) is 0 Å². The maximum absolute atomic E-state index is 2.34. The normalized spacial score (nSPS) is 11.3. The van der Waals surface area contributed by atoms with Gasteiger partial charge in [-0.25, -0.2) is 0 Å². The van der Waals surface area contributed by atoms with Gasteiger partial charge >= 0.3 is 0 Å². The van der Waals surface area contributed by atoms with Crippen LogP contribution in [0, 0.1) is 0 Å². The van der Waals surface area contributed by atoms with Crippen molar-refractivity contribution >= 4 is 49.4 Å². The van der Waals surface area contributed by atoms with Gasteiger partial charge in [0, 0.05) is 17.1 Å². The zero-order valence-electron chi connectivity index (χ0n) is 27.0. The van der Waals surface area contributed by atoms with E-state index in [2.05, 4.69) is 205 Å². The van der Waals surface area contributed by atoms with Crippen molar-refractivity contribution in [3.63, 3.8) is 0 Å². The third-order valence-electron chi connectivity index (χ3n) is 9.65. The summed E-state index contributed by atoms with van der Waals surface area (Å²) in [4.78, 5) is 2.34. The molecule has 9 rings (SSSR count). The number of hydrogen-bond donors (Lipinski definition) is 0. The first-order valence-electron chi connectivity index (χ1n) is 16.8. The van der Waals surface area contributed by atoms with Crippen molar-refractivity contribution in [1.82, 2.24) is 0 Å². The Bertz CT molecular complexity index is 2570. The number of anilines is 3. The van der Waals surface area contributed by atoms with Gasteiger partial charge in [0.2, 0.25) is 0 Å². The fourth-order valence-electron chi connectivity index (χ4n) is 7.04. The fraction of sp³-hybridized carbons (Fsp3) is 0. The molecular weight excluding hydrogens is 591 g/mol. The molecule has 0 unspecified atom stereocenters. The van der Waals surface area contributed by atoms with Crippen LogP contribution < -0.4 is 4.90 Å². The van der Waals surface area contributed by atoms with Crippen molar-refractivity contribution in [2.75, 3.05) is 4.90 Å². The Morgan fingerprint density at radius 1 is 0.224 bits per heavy atom. The van der Waals surface area contributed by atoms with Gasteiger partial charge in [0.25, 0.3) is 0 Å². The lowest BCUT2D eigenvalue weighted by atomic mass is 9.97. The van der Waals surface area contributed by atoms with E-state index in [1.54, 1.807) is 0 Å². The summed E-state index contributed by atoms with van der Waals surface area (Å²) in [7, 11) is 0. The SMILES string of the molecule is c1ccc(-c2ccc(N(c3ccc(-c4ccc5ccccc5c4)cc3)c3ccc(-c4ccc5ccc6ccccc6c5c4)cc3)cc2)cc1. The molecule has 1 nitrogen and oxygen atoms in total. The first-order valence-corrected chi connectivity index (χ1v) is 16.8. The molecule has 0 bridgehead atoms. The Kier molecular flexibility index (Phi) is 7.22. The highest BCUT2D eigenvalue weighted by Crippen LogP contribution is 2.38. The van der Waals surface area contributed by atoms with Crippen LogP contribution in [0.25, 0.3) is 65.7 Å². The number of fused-ring (bicyclic) bond motifs is 4. The van der Waals surface area contributed by atoms with E-state index in [-0.39, 0.29) is 0 Å². The van der Waals surface area contributed by atoms with Crippen LogP contribution in [-0.4, -0.2) is 0 Å². The second-order valence-electron chi connectivity index (χ2n) is 12.6. The molecule has 0 amide bonds. The van der Waals surface area contributed by atoms with Crippen molar-refractivity contribution in [3.8, 4) is 33.4 Å². The van der Waals surface area contributed by atoms with Crippen molar-refractivity contribution in [2.45, 2.75) is 0 Å². The van der Waals surface area contributed by atoms with Gasteiger partial charge in [-0.15, -0.1) is 0 Å². The predicted molar refractivity (Wildman–Crippen MR) is 210 cm³/mol. The molecule has 0 atom stereocenters. The molecule has 0 N–H and O–H groups in total. The lowest BCUT2D eigenvalue weighted by Crippen LogP contribution is -2.09. The van der Waals surface area contributed by atoms with Gasteiger partial charge < -0.3 is 4.90 Å². The molecule has 0 aliphatic heterocycles. The van der Waals surface area contributed by atoms with Gasteiger partial charge in [0.05, 0.1) is 0 Å². The molecule has 0 saturated carbocycles. The molecule has 0 spiro atoms.